The summed E-state index contributed by atoms with van der Waals surface area (Å²) in [4.78, 5) is 0. The lowest BCUT2D eigenvalue weighted by molar-refractivity contribution is 0.171. The Morgan fingerprint density at radius 1 is 1.00 bits per heavy atom. The van der Waals surface area contributed by atoms with Crippen molar-refractivity contribution in [2.45, 2.75) is 26.2 Å². The largest absolute Gasteiger partial charge is 0.486 e. The number of aryl methyl sites for hydroxylation is 2. The highest BCUT2D eigenvalue weighted by atomic mass is 16.6. The molecular weight excluding hydrogens is 274 g/mol. The van der Waals surface area contributed by atoms with E-state index < -0.39 is 0 Å². The number of nitrogens with two attached hydrogens (primary N) is 1. The van der Waals surface area contributed by atoms with Crippen LogP contribution in [0.5, 0.6) is 11.5 Å². The summed E-state index contributed by atoms with van der Waals surface area (Å²) in [5.41, 5.74) is 11.2. The minimum Gasteiger partial charge on any atom is -0.486 e. The molecule has 1 atom stereocenters. The number of hydrogen-bond donors (Lipinski definition) is 1. The second kappa shape index (κ2) is 6.41. The van der Waals surface area contributed by atoms with Crippen LogP contribution in [0.3, 0.4) is 0 Å². The molecule has 1 unspecified atom stereocenters. The first kappa shape index (κ1) is 14.9. The van der Waals surface area contributed by atoms with Crippen LogP contribution in [0.1, 0.15) is 28.2 Å². The molecule has 0 radical (unpaired) electrons. The molecule has 0 fully saturated rings. The zero-order valence-corrected chi connectivity index (χ0v) is 13.3. The Balaban J connectivity index is 1.85. The van der Waals surface area contributed by atoms with Crippen LogP contribution in [0.25, 0.3) is 0 Å². The molecule has 0 amide bonds. The highest BCUT2D eigenvalue weighted by Gasteiger charge is 2.16. The van der Waals surface area contributed by atoms with E-state index in [-0.39, 0.29) is 0 Å². The SMILES string of the molecule is Cc1ccc(C)c(C(CN)Cc2ccc3c(c2)OCCO3)c1. The summed E-state index contributed by atoms with van der Waals surface area (Å²) >= 11 is 0. The molecule has 0 saturated carbocycles. The molecule has 1 heterocycles. The van der Waals surface area contributed by atoms with Crippen LogP contribution in [0.2, 0.25) is 0 Å². The molecule has 3 rings (SSSR count). The summed E-state index contributed by atoms with van der Waals surface area (Å²) in [5.74, 6) is 2.01. The lowest BCUT2D eigenvalue weighted by Crippen LogP contribution is -2.17. The molecule has 0 bridgehead atoms. The van der Waals surface area contributed by atoms with E-state index in [4.69, 9.17) is 15.2 Å². The van der Waals surface area contributed by atoms with Crippen LogP contribution < -0.4 is 15.2 Å². The van der Waals surface area contributed by atoms with Crippen LogP contribution in [0.15, 0.2) is 36.4 Å². The highest BCUT2D eigenvalue weighted by molar-refractivity contribution is 5.44. The van der Waals surface area contributed by atoms with Crippen LogP contribution in [-0.4, -0.2) is 19.8 Å². The van der Waals surface area contributed by atoms with Gasteiger partial charge in [-0.25, -0.2) is 0 Å². The van der Waals surface area contributed by atoms with Crippen LogP contribution in [-0.2, 0) is 6.42 Å². The van der Waals surface area contributed by atoms with Crippen molar-refractivity contribution in [1.29, 1.82) is 0 Å². The zero-order valence-electron chi connectivity index (χ0n) is 13.3. The van der Waals surface area contributed by atoms with Crippen molar-refractivity contribution in [3.63, 3.8) is 0 Å². The van der Waals surface area contributed by atoms with Gasteiger partial charge in [0.25, 0.3) is 0 Å². The first-order valence-electron chi connectivity index (χ1n) is 7.83. The van der Waals surface area contributed by atoms with E-state index >= 15 is 0 Å². The van der Waals surface area contributed by atoms with E-state index in [1.54, 1.807) is 0 Å². The monoisotopic (exact) mass is 297 g/mol. The standard InChI is InChI=1S/C19H23NO2/c1-13-3-4-14(2)17(9-13)16(12-20)10-15-5-6-18-19(11-15)22-8-7-21-18/h3-6,9,11,16H,7-8,10,12,20H2,1-2H3. The number of ether oxygens (including phenoxy) is 2. The van der Waals surface area contributed by atoms with Gasteiger partial charge < -0.3 is 15.2 Å². The second-order valence-electron chi connectivity index (χ2n) is 5.97. The smallest absolute Gasteiger partial charge is 0.161 e. The molecule has 116 valence electrons. The van der Waals surface area contributed by atoms with Crippen LogP contribution in [0, 0.1) is 13.8 Å². The normalized spacial score (nSPS) is 14.7. The van der Waals surface area contributed by atoms with Gasteiger partial charge in [0.2, 0.25) is 0 Å². The maximum Gasteiger partial charge on any atom is 0.161 e. The van der Waals surface area contributed by atoms with Gasteiger partial charge in [-0.1, -0.05) is 29.8 Å². The predicted molar refractivity (Wildman–Crippen MR) is 88.8 cm³/mol. The Kier molecular flexibility index (Phi) is 4.34. The van der Waals surface area contributed by atoms with Crippen LogP contribution >= 0.6 is 0 Å². The van der Waals surface area contributed by atoms with Crippen LogP contribution in [0.4, 0.5) is 0 Å². The summed E-state index contributed by atoms with van der Waals surface area (Å²) in [7, 11) is 0. The Labute approximate surface area is 132 Å². The van der Waals surface area contributed by atoms with E-state index in [2.05, 4.69) is 44.2 Å². The maximum absolute atomic E-state index is 6.05. The number of benzene rings is 2. The molecule has 3 nitrogen and oxygen atoms in total. The molecule has 0 saturated heterocycles. The average molecular weight is 297 g/mol. The summed E-state index contributed by atoms with van der Waals surface area (Å²) in [6.07, 6.45) is 0.914. The van der Waals surface area contributed by atoms with Gasteiger partial charge in [-0.3, -0.25) is 0 Å². The predicted octanol–water partition coefficient (Wildman–Crippen LogP) is 3.36. The van der Waals surface area contributed by atoms with Gasteiger partial charge in [-0.05, 0) is 55.6 Å². The van der Waals surface area contributed by atoms with Gasteiger partial charge in [-0.2, -0.15) is 0 Å². The second-order valence-corrected chi connectivity index (χ2v) is 5.97. The van der Waals surface area contributed by atoms with E-state index in [9.17, 15) is 0 Å². The van der Waals surface area contributed by atoms with Gasteiger partial charge in [-0.15, -0.1) is 0 Å². The van der Waals surface area contributed by atoms with Gasteiger partial charge in [0.15, 0.2) is 11.5 Å². The molecule has 3 heteroatoms. The number of rotatable bonds is 4. The van der Waals surface area contributed by atoms with Crippen molar-refractivity contribution < 1.29 is 9.47 Å². The number of hydrogen-bond acceptors (Lipinski definition) is 3. The molecule has 0 aliphatic carbocycles. The Hall–Kier alpha value is -2.00. The zero-order chi connectivity index (χ0) is 15.5. The molecule has 2 aromatic rings. The summed E-state index contributed by atoms with van der Waals surface area (Å²) in [6.45, 7) is 6.16. The van der Waals surface area contributed by atoms with Crippen molar-refractivity contribution in [1.82, 2.24) is 0 Å². The van der Waals surface area contributed by atoms with Crippen molar-refractivity contribution in [3.05, 3.63) is 58.7 Å². The third-order valence-electron chi connectivity index (χ3n) is 4.25. The molecule has 1 aliphatic heterocycles. The third kappa shape index (κ3) is 3.09. The topological polar surface area (TPSA) is 44.5 Å². The molecule has 0 spiro atoms. The Morgan fingerprint density at radius 3 is 2.55 bits per heavy atom. The molecule has 0 aromatic heterocycles. The van der Waals surface area contributed by atoms with Gasteiger partial charge in [0.05, 0.1) is 0 Å². The molecular formula is C19H23NO2. The minimum atomic E-state index is 0.322. The van der Waals surface area contributed by atoms with E-state index in [1.807, 2.05) is 6.07 Å². The van der Waals surface area contributed by atoms with Crippen molar-refractivity contribution >= 4 is 0 Å². The molecule has 2 aromatic carbocycles. The lowest BCUT2D eigenvalue weighted by Gasteiger charge is -2.21. The average Bonchev–Trinajstić information content (AvgIpc) is 2.55. The Bertz CT molecular complexity index is 666. The van der Waals surface area contributed by atoms with Crippen molar-refractivity contribution in [3.8, 4) is 11.5 Å². The summed E-state index contributed by atoms with van der Waals surface area (Å²) in [5, 5.41) is 0. The Morgan fingerprint density at radius 2 is 1.77 bits per heavy atom. The first-order chi connectivity index (χ1) is 10.7. The highest BCUT2D eigenvalue weighted by Crippen LogP contribution is 2.33. The molecule has 22 heavy (non-hydrogen) atoms. The van der Waals surface area contributed by atoms with E-state index in [1.165, 1.54) is 22.3 Å². The molecule has 2 N–H and O–H groups in total. The van der Waals surface area contributed by atoms with Gasteiger partial charge in [0, 0.05) is 5.92 Å². The van der Waals surface area contributed by atoms with E-state index in [0.29, 0.717) is 25.7 Å². The molecule has 1 aliphatic rings. The van der Waals surface area contributed by atoms with E-state index in [0.717, 1.165) is 17.9 Å². The van der Waals surface area contributed by atoms with Gasteiger partial charge in [0.1, 0.15) is 13.2 Å². The van der Waals surface area contributed by atoms with Crippen molar-refractivity contribution in [2.24, 2.45) is 5.73 Å². The maximum atomic E-state index is 6.05. The third-order valence-corrected chi connectivity index (χ3v) is 4.25. The summed E-state index contributed by atoms with van der Waals surface area (Å²) in [6, 6.07) is 12.8. The summed E-state index contributed by atoms with van der Waals surface area (Å²) < 4.78 is 11.3. The minimum absolute atomic E-state index is 0.322. The fourth-order valence-electron chi connectivity index (χ4n) is 3.02. The first-order valence-corrected chi connectivity index (χ1v) is 7.83. The number of fused-ring (bicyclic) bond motifs is 1. The van der Waals surface area contributed by atoms with Gasteiger partial charge >= 0.3 is 0 Å². The lowest BCUT2D eigenvalue weighted by atomic mass is 9.88. The fraction of sp³-hybridized carbons (Fsp3) is 0.368. The van der Waals surface area contributed by atoms with Crippen molar-refractivity contribution in [2.75, 3.05) is 19.8 Å². The fourth-order valence-corrected chi connectivity index (χ4v) is 3.02. The quantitative estimate of drug-likeness (QED) is 0.941.